The van der Waals surface area contributed by atoms with Gasteiger partial charge >= 0.3 is 0 Å². The summed E-state index contributed by atoms with van der Waals surface area (Å²) in [6, 6.07) is 9.32. The summed E-state index contributed by atoms with van der Waals surface area (Å²) >= 11 is 0. The zero-order valence-corrected chi connectivity index (χ0v) is 24.9. The number of rotatable bonds is 13. The fourth-order valence-electron chi connectivity index (χ4n) is 6.60. The first kappa shape index (κ1) is 31.0. The van der Waals surface area contributed by atoms with Crippen LogP contribution in [0, 0.1) is 35.0 Å². The second-order valence-electron chi connectivity index (χ2n) is 11.9. The van der Waals surface area contributed by atoms with Crippen molar-refractivity contribution in [1.29, 1.82) is 5.26 Å². The van der Waals surface area contributed by atoms with Gasteiger partial charge in [-0.25, -0.2) is 18.5 Å². The molecule has 2 aliphatic carbocycles. The van der Waals surface area contributed by atoms with E-state index in [9.17, 15) is 18.8 Å². The van der Waals surface area contributed by atoms with Gasteiger partial charge in [-0.2, -0.15) is 10.2 Å². The van der Waals surface area contributed by atoms with Crippen molar-refractivity contribution < 1.29 is 13.5 Å². The number of sulfonamides is 1. The largest absolute Gasteiger partial charge is 0.508 e. The molecule has 1 heterocycles. The Balaban J connectivity index is 1.29. The fraction of sp³-hybridized carbons (Fsp3) is 0.633. The third-order valence-corrected chi connectivity index (χ3v) is 10.1. The molecule has 0 aliphatic heterocycles. The minimum absolute atomic E-state index is 0.212. The van der Waals surface area contributed by atoms with E-state index in [1.165, 1.54) is 31.9 Å². The van der Waals surface area contributed by atoms with Crippen LogP contribution in [0.1, 0.15) is 75.8 Å². The molecule has 11 heteroatoms. The standard InChI is InChI=1S/C30H45N7O3S/c1-2-5-22-12-23(17-33-16-21-8-10-27(11-9-21)41(32,39)40)14-24(13-22)18-34-29-26(15-31)20-36-30(37-29)35-19-25-6-3-4-7-28(25)38/h3-4,6-7,20-24,27,33,38H,2,5,8-14,16-19H2,1H3,(H2,32,39,40)(H2,34,35,36,37)/t21?,22?,23-,24-,27?/m1/s1. The van der Waals surface area contributed by atoms with Gasteiger partial charge in [-0.3, -0.25) is 0 Å². The minimum atomic E-state index is -3.42. The van der Waals surface area contributed by atoms with E-state index in [1.54, 1.807) is 12.1 Å². The number of aromatic hydroxyl groups is 1. The van der Waals surface area contributed by atoms with Gasteiger partial charge in [0.15, 0.2) is 0 Å². The van der Waals surface area contributed by atoms with Gasteiger partial charge in [-0.05, 0) is 87.8 Å². The number of phenols is 1. The highest BCUT2D eigenvalue weighted by Gasteiger charge is 2.30. The van der Waals surface area contributed by atoms with E-state index in [-0.39, 0.29) is 11.0 Å². The first-order chi connectivity index (χ1) is 19.7. The molecule has 2 aromatic rings. The van der Waals surface area contributed by atoms with Gasteiger partial charge in [0.25, 0.3) is 0 Å². The lowest BCUT2D eigenvalue weighted by atomic mass is 9.73. The lowest BCUT2D eigenvalue weighted by molar-refractivity contribution is 0.186. The lowest BCUT2D eigenvalue weighted by Gasteiger charge is -2.36. The van der Waals surface area contributed by atoms with Crippen molar-refractivity contribution in [1.82, 2.24) is 15.3 Å². The minimum Gasteiger partial charge on any atom is -0.508 e. The smallest absolute Gasteiger partial charge is 0.224 e. The molecule has 0 amide bonds. The molecule has 0 radical (unpaired) electrons. The monoisotopic (exact) mass is 583 g/mol. The number of phenolic OH excluding ortho intramolecular Hbond substituents is 1. The van der Waals surface area contributed by atoms with Gasteiger partial charge < -0.3 is 21.1 Å². The van der Waals surface area contributed by atoms with E-state index < -0.39 is 10.0 Å². The summed E-state index contributed by atoms with van der Waals surface area (Å²) < 4.78 is 23.3. The van der Waals surface area contributed by atoms with Crippen LogP contribution in [0.4, 0.5) is 11.8 Å². The molecular formula is C30H45N7O3S. The van der Waals surface area contributed by atoms with E-state index in [4.69, 9.17) is 5.14 Å². The van der Waals surface area contributed by atoms with E-state index in [1.807, 2.05) is 12.1 Å². The number of benzene rings is 1. The molecule has 3 atom stereocenters. The van der Waals surface area contributed by atoms with Crippen molar-refractivity contribution in [3.63, 3.8) is 0 Å². The fourth-order valence-corrected chi connectivity index (χ4v) is 7.52. The molecule has 6 N–H and O–H groups in total. The summed E-state index contributed by atoms with van der Waals surface area (Å²) in [7, 11) is -3.42. The molecule has 0 saturated heterocycles. The summed E-state index contributed by atoms with van der Waals surface area (Å²) in [6.45, 7) is 5.28. The van der Waals surface area contributed by atoms with E-state index in [0.717, 1.165) is 44.5 Å². The number of para-hydroxylation sites is 1. The number of aromatic nitrogens is 2. The van der Waals surface area contributed by atoms with Gasteiger partial charge in [0, 0.05) is 18.7 Å². The van der Waals surface area contributed by atoms with Gasteiger partial charge in [0.05, 0.1) is 11.4 Å². The summed E-state index contributed by atoms with van der Waals surface area (Å²) in [5, 5.41) is 34.9. The second-order valence-corrected chi connectivity index (χ2v) is 13.8. The van der Waals surface area contributed by atoms with Crippen molar-refractivity contribution >= 4 is 21.8 Å². The Morgan fingerprint density at radius 2 is 1.68 bits per heavy atom. The topological polar surface area (TPSA) is 166 Å². The average molecular weight is 584 g/mol. The zero-order chi connectivity index (χ0) is 29.2. The molecule has 1 unspecified atom stereocenters. The highest BCUT2D eigenvalue weighted by atomic mass is 32.2. The Labute approximate surface area is 244 Å². The number of primary sulfonamides is 1. The van der Waals surface area contributed by atoms with Crippen molar-refractivity contribution in [3.05, 3.63) is 41.6 Å². The zero-order valence-electron chi connectivity index (χ0n) is 24.1. The first-order valence-electron chi connectivity index (χ1n) is 15.0. The SMILES string of the molecule is CCCC1C[C@@H](CNCC2CCC(S(N)(=O)=O)CC2)C[C@H](CNc2nc(NCc3ccccc3O)ncc2C#N)C1. The van der Waals surface area contributed by atoms with Crippen LogP contribution in [0.2, 0.25) is 0 Å². The van der Waals surface area contributed by atoms with E-state index in [2.05, 4.69) is 38.9 Å². The Kier molecular flexibility index (Phi) is 11.2. The summed E-state index contributed by atoms with van der Waals surface area (Å²) in [6.07, 6.45) is 10.6. The molecule has 2 aliphatic rings. The molecule has 1 aromatic carbocycles. The number of nitriles is 1. The maximum atomic E-state index is 11.6. The summed E-state index contributed by atoms with van der Waals surface area (Å²) in [5.41, 5.74) is 1.16. The van der Waals surface area contributed by atoms with Crippen molar-refractivity contribution in [2.24, 2.45) is 28.8 Å². The third-order valence-electron chi connectivity index (χ3n) is 8.72. The van der Waals surface area contributed by atoms with Crippen LogP contribution in [-0.4, -0.2) is 48.4 Å². The predicted octanol–water partition coefficient (Wildman–Crippen LogP) is 4.35. The maximum Gasteiger partial charge on any atom is 0.224 e. The van der Waals surface area contributed by atoms with E-state index >= 15 is 0 Å². The second kappa shape index (κ2) is 14.8. The van der Waals surface area contributed by atoms with Crippen LogP contribution < -0.4 is 21.1 Å². The highest BCUT2D eigenvalue weighted by molar-refractivity contribution is 7.89. The molecule has 1 aromatic heterocycles. The Morgan fingerprint density at radius 3 is 2.37 bits per heavy atom. The van der Waals surface area contributed by atoms with Crippen LogP contribution in [0.25, 0.3) is 0 Å². The van der Waals surface area contributed by atoms with Crippen LogP contribution in [-0.2, 0) is 16.6 Å². The molecule has 2 fully saturated rings. The van der Waals surface area contributed by atoms with Crippen LogP contribution in [0.3, 0.4) is 0 Å². The molecule has 41 heavy (non-hydrogen) atoms. The van der Waals surface area contributed by atoms with Crippen LogP contribution in [0.5, 0.6) is 5.75 Å². The molecular weight excluding hydrogens is 538 g/mol. The van der Waals surface area contributed by atoms with Gasteiger partial charge in [0.2, 0.25) is 16.0 Å². The predicted molar refractivity (Wildman–Crippen MR) is 162 cm³/mol. The molecule has 224 valence electrons. The molecule has 2 saturated carbocycles. The van der Waals surface area contributed by atoms with Gasteiger partial charge in [0.1, 0.15) is 23.2 Å². The number of hydrogen-bond acceptors (Lipinski definition) is 9. The van der Waals surface area contributed by atoms with E-state index in [0.29, 0.717) is 60.4 Å². The van der Waals surface area contributed by atoms with Crippen LogP contribution in [0.15, 0.2) is 30.5 Å². The number of hydrogen-bond donors (Lipinski definition) is 5. The van der Waals surface area contributed by atoms with Gasteiger partial charge in [-0.15, -0.1) is 0 Å². The van der Waals surface area contributed by atoms with Crippen molar-refractivity contribution in [2.45, 2.75) is 76.5 Å². The van der Waals surface area contributed by atoms with Crippen LogP contribution >= 0.6 is 0 Å². The van der Waals surface area contributed by atoms with Gasteiger partial charge in [-0.1, -0.05) is 38.0 Å². The Hall–Kier alpha value is -2.94. The molecule has 10 nitrogen and oxygen atoms in total. The average Bonchev–Trinajstić information content (AvgIpc) is 2.95. The first-order valence-corrected chi connectivity index (χ1v) is 16.6. The molecule has 0 bridgehead atoms. The quantitative estimate of drug-likeness (QED) is 0.230. The normalized spacial score (nSPS) is 24.9. The number of anilines is 2. The number of nitrogens with two attached hydrogens (primary N) is 1. The Morgan fingerprint density at radius 1 is 1.00 bits per heavy atom. The van der Waals surface area contributed by atoms with Crippen molar-refractivity contribution in [2.75, 3.05) is 30.3 Å². The number of nitrogens with zero attached hydrogens (tertiary/aromatic N) is 3. The lowest BCUT2D eigenvalue weighted by Crippen LogP contribution is -2.37. The molecule has 4 rings (SSSR count). The third kappa shape index (κ3) is 9.28. The number of nitrogens with one attached hydrogen (secondary N) is 3. The summed E-state index contributed by atoms with van der Waals surface area (Å²) in [5.74, 6) is 3.42. The Bertz CT molecular complexity index is 1280. The molecule has 0 spiro atoms. The maximum absolute atomic E-state index is 11.6. The van der Waals surface area contributed by atoms with Crippen molar-refractivity contribution in [3.8, 4) is 11.8 Å². The summed E-state index contributed by atoms with van der Waals surface area (Å²) in [4.78, 5) is 8.85. The highest BCUT2D eigenvalue weighted by Crippen LogP contribution is 2.36.